The van der Waals surface area contributed by atoms with E-state index in [9.17, 15) is 0 Å². The number of nitrogens with one attached hydrogen (secondary N) is 1. The lowest BCUT2D eigenvalue weighted by atomic mass is 10.2. The molecular weight excluding hydrogens is 244 g/mol. The smallest absolute Gasteiger partial charge is 0.146 e. The van der Waals surface area contributed by atoms with E-state index in [1.54, 1.807) is 0 Å². The lowest BCUT2D eigenvalue weighted by Gasteiger charge is -2.12. The van der Waals surface area contributed by atoms with Gasteiger partial charge in [0.2, 0.25) is 0 Å². The summed E-state index contributed by atoms with van der Waals surface area (Å²) in [6.45, 7) is 4.13. The summed E-state index contributed by atoms with van der Waals surface area (Å²) in [7, 11) is 0. The second-order valence-electron chi connectivity index (χ2n) is 4.78. The van der Waals surface area contributed by atoms with E-state index in [1.165, 1.54) is 25.7 Å². The number of hydrazine groups is 1. The van der Waals surface area contributed by atoms with Crippen molar-refractivity contribution >= 4 is 17.6 Å². The first-order chi connectivity index (χ1) is 8.74. The highest BCUT2D eigenvalue weighted by molar-refractivity contribution is 7.99. The van der Waals surface area contributed by atoms with E-state index in [1.807, 2.05) is 18.7 Å². The van der Waals surface area contributed by atoms with Gasteiger partial charge in [-0.2, -0.15) is 11.8 Å². The number of hydrogen-bond acceptors (Lipinski definition) is 5. The van der Waals surface area contributed by atoms with Gasteiger partial charge in [-0.05, 0) is 26.2 Å². The van der Waals surface area contributed by atoms with Crippen molar-refractivity contribution in [3.05, 3.63) is 17.1 Å². The Kier molecular flexibility index (Phi) is 4.83. The van der Waals surface area contributed by atoms with E-state index in [0.29, 0.717) is 0 Å². The van der Waals surface area contributed by atoms with E-state index in [4.69, 9.17) is 5.84 Å². The van der Waals surface area contributed by atoms with Gasteiger partial charge in [0.05, 0.1) is 5.75 Å². The summed E-state index contributed by atoms with van der Waals surface area (Å²) >= 11 is 1.99. The van der Waals surface area contributed by atoms with Gasteiger partial charge in [0.25, 0.3) is 0 Å². The number of rotatable bonds is 5. The average Bonchev–Trinajstić information content (AvgIpc) is 2.90. The average molecular weight is 266 g/mol. The number of hydrogen-bond donors (Lipinski definition) is 2. The summed E-state index contributed by atoms with van der Waals surface area (Å²) < 4.78 is 0. The highest BCUT2D eigenvalue weighted by atomic mass is 32.2. The third-order valence-electron chi connectivity index (χ3n) is 3.51. The summed E-state index contributed by atoms with van der Waals surface area (Å²) in [4.78, 5) is 9.13. The van der Waals surface area contributed by atoms with Gasteiger partial charge in [-0.25, -0.2) is 15.8 Å². The standard InChI is InChI=1S/C13H22N4S/c1-3-11-9(2)13(17-14)16-12(15-11)8-18-10-6-4-5-7-10/h10H,3-8,14H2,1-2H3,(H,15,16,17). The maximum absolute atomic E-state index is 5.51. The number of nitrogen functional groups attached to an aromatic ring is 1. The van der Waals surface area contributed by atoms with Crippen molar-refractivity contribution in [2.24, 2.45) is 5.84 Å². The van der Waals surface area contributed by atoms with Crippen LogP contribution in [0.25, 0.3) is 0 Å². The van der Waals surface area contributed by atoms with Gasteiger partial charge in [-0.3, -0.25) is 0 Å². The molecule has 0 radical (unpaired) electrons. The van der Waals surface area contributed by atoms with Crippen LogP contribution in [-0.4, -0.2) is 15.2 Å². The molecule has 18 heavy (non-hydrogen) atoms. The summed E-state index contributed by atoms with van der Waals surface area (Å²) in [6, 6.07) is 0. The molecule has 0 saturated heterocycles. The molecule has 2 rings (SSSR count). The van der Waals surface area contributed by atoms with Gasteiger partial charge in [0.1, 0.15) is 11.6 Å². The molecule has 3 N–H and O–H groups in total. The van der Waals surface area contributed by atoms with Crippen LogP contribution in [0.4, 0.5) is 5.82 Å². The topological polar surface area (TPSA) is 63.8 Å². The zero-order valence-corrected chi connectivity index (χ0v) is 12.0. The second kappa shape index (κ2) is 6.38. The van der Waals surface area contributed by atoms with Crippen molar-refractivity contribution in [3.63, 3.8) is 0 Å². The monoisotopic (exact) mass is 266 g/mol. The maximum Gasteiger partial charge on any atom is 0.146 e. The Morgan fingerprint density at radius 2 is 2.06 bits per heavy atom. The lowest BCUT2D eigenvalue weighted by Crippen LogP contribution is -2.14. The summed E-state index contributed by atoms with van der Waals surface area (Å²) in [5, 5.41) is 0.800. The molecule has 0 bridgehead atoms. The van der Waals surface area contributed by atoms with Gasteiger partial charge < -0.3 is 5.43 Å². The Morgan fingerprint density at radius 1 is 1.33 bits per heavy atom. The molecule has 5 heteroatoms. The van der Waals surface area contributed by atoms with Crippen LogP contribution in [0.5, 0.6) is 0 Å². The number of aryl methyl sites for hydroxylation is 1. The number of nitrogens with two attached hydrogens (primary N) is 1. The SMILES string of the molecule is CCc1nc(CSC2CCCC2)nc(NN)c1C. The molecule has 4 nitrogen and oxygen atoms in total. The predicted octanol–water partition coefficient (Wildman–Crippen LogP) is 2.81. The Morgan fingerprint density at radius 3 is 2.67 bits per heavy atom. The van der Waals surface area contributed by atoms with Gasteiger partial charge in [0, 0.05) is 16.5 Å². The predicted molar refractivity (Wildman–Crippen MR) is 77.5 cm³/mol. The Hall–Kier alpha value is -0.810. The zero-order chi connectivity index (χ0) is 13.0. The van der Waals surface area contributed by atoms with Crippen molar-refractivity contribution in [1.82, 2.24) is 9.97 Å². The molecule has 0 spiro atoms. The van der Waals surface area contributed by atoms with Crippen LogP contribution in [0.15, 0.2) is 0 Å². The molecule has 0 amide bonds. The van der Waals surface area contributed by atoms with Crippen LogP contribution in [0.3, 0.4) is 0 Å². The van der Waals surface area contributed by atoms with E-state index in [2.05, 4.69) is 22.3 Å². The highest BCUT2D eigenvalue weighted by Gasteiger charge is 2.16. The fraction of sp³-hybridized carbons (Fsp3) is 0.692. The first-order valence-corrected chi connectivity index (χ1v) is 7.74. The lowest BCUT2D eigenvalue weighted by molar-refractivity contribution is 0.886. The molecule has 1 aliphatic rings. The zero-order valence-electron chi connectivity index (χ0n) is 11.2. The third kappa shape index (κ3) is 3.14. The Labute approximate surface area is 113 Å². The number of aromatic nitrogens is 2. The molecule has 1 heterocycles. The summed E-state index contributed by atoms with van der Waals surface area (Å²) in [5.41, 5.74) is 4.84. The molecule has 1 aromatic heterocycles. The number of anilines is 1. The minimum absolute atomic E-state index is 0.767. The quantitative estimate of drug-likeness (QED) is 0.634. The highest BCUT2D eigenvalue weighted by Crippen LogP contribution is 2.31. The molecule has 1 aromatic rings. The van der Waals surface area contributed by atoms with Crippen molar-refractivity contribution < 1.29 is 0 Å². The van der Waals surface area contributed by atoms with Gasteiger partial charge >= 0.3 is 0 Å². The molecule has 0 aliphatic heterocycles. The molecule has 1 aliphatic carbocycles. The van der Waals surface area contributed by atoms with E-state index >= 15 is 0 Å². The van der Waals surface area contributed by atoms with E-state index in [-0.39, 0.29) is 0 Å². The third-order valence-corrected chi connectivity index (χ3v) is 4.88. The van der Waals surface area contributed by atoms with Crippen molar-refractivity contribution in [3.8, 4) is 0 Å². The van der Waals surface area contributed by atoms with Crippen molar-refractivity contribution in [1.29, 1.82) is 0 Å². The second-order valence-corrected chi connectivity index (χ2v) is 6.06. The van der Waals surface area contributed by atoms with Crippen molar-refractivity contribution in [2.75, 3.05) is 5.43 Å². The molecule has 100 valence electrons. The maximum atomic E-state index is 5.51. The van der Waals surface area contributed by atoms with Crippen LogP contribution in [-0.2, 0) is 12.2 Å². The van der Waals surface area contributed by atoms with E-state index in [0.717, 1.165) is 40.3 Å². The molecule has 1 fully saturated rings. The van der Waals surface area contributed by atoms with Gasteiger partial charge in [0.15, 0.2) is 0 Å². The normalized spacial score (nSPS) is 16.2. The first kappa shape index (κ1) is 13.6. The van der Waals surface area contributed by atoms with Crippen LogP contribution in [0.1, 0.15) is 49.7 Å². The largest absolute Gasteiger partial charge is 0.308 e. The molecular formula is C13H22N4S. The van der Waals surface area contributed by atoms with Crippen LogP contribution < -0.4 is 11.3 Å². The van der Waals surface area contributed by atoms with Crippen LogP contribution >= 0.6 is 11.8 Å². The van der Waals surface area contributed by atoms with Gasteiger partial charge in [-0.1, -0.05) is 19.8 Å². The Balaban J connectivity index is 2.07. The number of thioether (sulfide) groups is 1. The summed E-state index contributed by atoms with van der Waals surface area (Å²) in [5.74, 6) is 8.08. The fourth-order valence-electron chi connectivity index (χ4n) is 2.41. The van der Waals surface area contributed by atoms with Crippen molar-refractivity contribution in [2.45, 2.75) is 57.0 Å². The molecule has 0 unspecified atom stereocenters. The van der Waals surface area contributed by atoms with Crippen LogP contribution in [0, 0.1) is 6.92 Å². The molecule has 0 atom stereocenters. The molecule has 1 saturated carbocycles. The van der Waals surface area contributed by atoms with E-state index < -0.39 is 0 Å². The first-order valence-electron chi connectivity index (χ1n) is 6.69. The minimum atomic E-state index is 0.767. The van der Waals surface area contributed by atoms with Gasteiger partial charge in [-0.15, -0.1) is 0 Å². The van der Waals surface area contributed by atoms with Crippen LogP contribution in [0.2, 0.25) is 0 Å². The summed E-state index contributed by atoms with van der Waals surface area (Å²) in [6.07, 6.45) is 6.37. The minimum Gasteiger partial charge on any atom is -0.308 e. The Bertz CT molecular complexity index is 377. The number of nitrogens with zero attached hydrogens (tertiary/aromatic N) is 2. The molecule has 0 aromatic carbocycles. The fourth-order valence-corrected chi connectivity index (χ4v) is 3.59.